The predicted molar refractivity (Wildman–Crippen MR) is 86.8 cm³/mol. The minimum atomic E-state index is 0.214. The molecule has 2 rings (SSSR count). The zero-order valence-corrected chi connectivity index (χ0v) is 13.3. The van der Waals surface area contributed by atoms with Crippen LogP contribution < -0.4 is 10.1 Å². The van der Waals surface area contributed by atoms with E-state index in [1.807, 2.05) is 31.2 Å². The summed E-state index contributed by atoms with van der Waals surface area (Å²) in [5.41, 5.74) is 1.18. The summed E-state index contributed by atoms with van der Waals surface area (Å²) in [6.07, 6.45) is 3.54. The molecule has 0 radical (unpaired) electrons. The Hall–Kier alpha value is -1.59. The van der Waals surface area contributed by atoms with Gasteiger partial charge in [0.25, 0.3) is 0 Å². The first-order valence-electron chi connectivity index (χ1n) is 7.20. The van der Waals surface area contributed by atoms with Gasteiger partial charge in [0.05, 0.1) is 6.61 Å². The molecule has 0 aliphatic rings. The molecule has 0 saturated carbocycles. The number of hydrogen-bond donors (Lipinski definition) is 1. The lowest BCUT2D eigenvalue weighted by atomic mass is 10.1. The molecule has 0 bridgehead atoms. The molecule has 1 N–H and O–H groups in total. The summed E-state index contributed by atoms with van der Waals surface area (Å²) < 4.78 is 5.74. The van der Waals surface area contributed by atoms with Crippen LogP contribution in [-0.4, -0.2) is 28.9 Å². The largest absolute Gasteiger partial charge is 0.494 e. The van der Waals surface area contributed by atoms with Gasteiger partial charge in [0.2, 0.25) is 0 Å². The standard InChI is InChI=1S/C16H21N3OS/c1-3-17-14(12-21-16-18-10-7-11-19-16)13-8-5-6-9-15(13)20-4-2/h5-11,14,17H,3-4,12H2,1-2H3. The monoisotopic (exact) mass is 303 g/mol. The van der Waals surface area contributed by atoms with Gasteiger partial charge >= 0.3 is 0 Å². The summed E-state index contributed by atoms with van der Waals surface area (Å²) in [7, 11) is 0. The summed E-state index contributed by atoms with van der Waals surface area (Å²) in [5.74, 6) is 1.81. The second kappa shape index (κ2) is 8.64. The Morgan fingerprint density at radius 2 is 1.90 bits per heavy atom. The average molecular weight is 303 g/mol. The van der Waals surface area contributed by atoms with Crippen LogP contribution in [0.4, 0.5) is 0 Å². The van der Waals surface area contributed by atoms with Crippen LogP contribution in [0.5, 0.6) is 5.75 Å². The maximum absolute atomic E-state index is 5.74. The van der Waals surface area contributed by atoms with Gasteiger partial charge in [-0.05, 0) is 25.6 Å². The molecule has 0 spiro atoms. The van der Waals surface area contributed by atoms with Crippen molar-refractivity contribution in [3.8, 4) is 5.75 Å². The van der Waals surface area contributed by atoms with Crippen molar-refractivity contribution in [3.05, 3.63) is 48.3 Å². The van der Waals surface area contributed by atoms with Crippen molar-refractivity contribution in [1.29, 1.82) is 0 Å². The Morgan fingerprint density at radius 3 is 2.62 bits per heavy atom. The van der Waals surface area contributed by atoms with Crippen molar-refractivity contribution in [2.45, 2.75) is 25.0 Å². The number of aromatic nitrogens is 2. The van der Waals surface area contributed by atoms with E-state index < -0.39 is 0 Å². The second-order valence-electron chi connectivity index (χ2n) is 4.42. The fraction of sp³-hybridized carbons (Fsp3) is 0.375. The molecule has 4 nitrogen and oxygen atoms in total. The van der Waals surface area contributed by atoms with Gasteiger partial charge in [-0.1, -0.05) is 36.9 Å². The number of thioether (sulfide) groups is 1. The van der Waals surface area contributed by atoms with E-state index in [4.69, 9.17) is 4.74 Å². The van der Waals surface area contributed by atoms with Gasteiger partial charge in [-0.25, -0.2) is 9.97 Å². The topological polar surface area (TPSA) is 47.0 Å². The Morgan fingerprint density at radius 1 is 1.14 bits per heavy atom. The first kappa shape index (κ1) is 15.8. The molecular weight excluding hydrogens is 282 g/mol. The van der Waals surface area contributed by atoms with E-state index in [0.29, 0.717) is 6.61 Å². The highest BCUT2D eigenvalue weighted by atomic mass is 32.2. The number of nitrogens with one attached hydrogen (secondary N) is 1. The van der Waals surface area contributed by atoms with Crippen LogP contribution in [0.2, 0.25) is 0 Å². The lowest BCUT2D eigenvalue weighted by Crippen LogP contribution is -2.23. The number of para-hydroxylation sites is 1. The first-order valence-corrected chi connectivity index (χ1v) is 8.18. The van der Waals surface area contributed by atoms with Crippen LogP contribution in [-0.2, 0) is 0 Å². The molecular formula is C16H21N3OS. The van der Waals surface area contributed by atoms with Gasteiger partial charge in [-0.2, -0.15) is 0 Å². The Bertz CT molecular complexity index is 536. The van der Waals surface area contributed by atoms with Crippen molar-refractivity contribution in [2.75, 3.05) is 18.9 Å². The summed E-state index contributed by atoms with van der Waals surface area (Å²) in [6, 6.07) is 10.2. The third-order valence-electron chi connectivity index (χ3n) is 2.97. The van der Waals surface area contributed by atoms with Gasteiger partial charge in [0.15, 0.2) is 5.16 Å². The van der Waals surface area contributed by atoms with Gasteiger partial charge in [0, 0.05) is 29.8 Å². The fourth-order valence-electron chi connectivity index (χ4n) is 2.08. The summed E-state index contributed by atoms with van der Waals surface area (Å²) in [4.78, 5) is 8.51. The molecule has 0 aliphatic heterocycles. The summed E-state index contributed by atoms with van der Waals surface area (Å²) in [5, 5.41) is 4.31. The Balaban J connectivity index is 2.11. The van der Waals surface area contributed by atoms with Crippen molar-refractivity contribution in [3.63, 3.8) is 0 Å². The van der Waals surface area contributed by atoms with Crippen molar-refractivity contribution >= 4 is 11.8 Å². The van der Waals surface area contributed by atoms with Crippen LogP contribution in [0.15, 0.2) is 47.9 Å². The zero-order valence-electron chi connectivity index (χ0n) is 12.5. The minimum absolute atomic E-state index is 0.214. The van der Waals surface area contributed by atoms with Gasteiger partial charge in [-0.15, -0.1) is 0 Å². The van der Waals surface area contributed by atoms with Crippen LogP contribution >= 0.6 is 11.8 Å². The fourth-order valence-corrected chi connectivity index (χ4v) is 2.96. The highest BCUT2D eigenvalue weighted by Crippen LogP contribution is 2.29. The number of rotatable bonds is 8. The minimum Gasteiger partial charge on any atom is -0.494 e. The molecule has 1 aromatic heterocycles. The lowest BCUT2D eigenvalue weighted by Gasteiger charge is -2.20. The lowest BCUT2D eigenvalue weighted by molar-refractivity contribution is 0.333. The molecule has 21 heavy (non-hydrogen) atoms. The van der Waals surface area contributed by atoms with E-state index in [-0.39, 0.29) is 6.04 Å². The van der Waals surface area contributed by atoms with Crippen molar-refractivity contribution < 1.29 is 4.74 Å². The maximum Gasteiger partial charge on any atom is 0.187 e. The van der Waals surface area contributed by atoms with E-state index in [9.17, 15) is 0 Å². The van der Waals surface area contributed by atoms with Crippen molar-refractivity contribution in [2.24, 2.45) is 0 Å². The highest BCUT2D eigenvalue weighted by Gasteiger charge is 2.16. The molecule has 5 heteroatoms. The third kappa shape index (κ3) is 4.72. The Kier molecular flexibility index (Phi) is 6.50. The molecule has 0 amide bonds. The average Bonchev–Trinajstić information content (AvgIpc) is 2.53. The number of hydrogen-bond acceptors (Lipinski definition) is 5. The maximum atomic E-state index is 5.74. The van der Waals surface area contributed by atoms with Crippen LogP contribution in [0.1, 0.15) is 25.5 Å². The van der Waals surface area contributed by atoms with Gasteiger partial charge in [0.1, 0.15) is 5.75 Å². The molecule has 0 saturated heterocycles. The van der Waals surface area contributed by atoms with Gasteiger partial charge in [-0.3, -0.25) is 0 Å². The van der Waals surface area contributed by atoms with E-state index in [2.05, 4.69) is 28.3 Å². The third-order valence-corrected chi connectivity index (χ3v) is 3.93. The smallest absolute Gasteiger partial charge is 0.187 e. The second-order valence-corrected chi connectivity index (χ2v) is 5.41. The normalized spacial score (nSPS) is 12.1. The quantitative estimate of drug-likeness (QED) is 0.599. The van der Waals surface area contributed by atoms with Gasteiger partial charge < -0.3 is 10.1 Å². The molecule has 2 aromatic rings. The SMILES string of the molecule is CCNC(CSc1ncccn1)c1ccccc1OCC. The van der Waals surface area contributed by atoms with Crippen LogP contribution in [0.3, 0.4) is 0 Å². The highest BCUT2D eigenvalue weighted by molar-refractivity contribution is 7.99. The Labute approximate surface area is 130 Å². The molecule has 1 heterocycles. The number of ether oxygens (including phenoxy) is 1. The predicted octanol–water partition coefficient (Wildman–Crippen LogP) is 3.32. The van der Waals surface area contributed by atoms with E-state index in [1.165, 1.54) is 5.56 Å². The molecule has 1 aromatic carbocycles. The molecule has 0 aliphatic carbocycles. The van der Waals surface area contributed by atoms with E-state index in [0.717, 1.165) is 23.2 Å². The summed E-state index contributed by atoms with van der Waals surface area (Å²) in [6.45, 7) is 5.69. The summed E-state index contributed by atoms with van der Waals surface area (Å²) >= 11 is 1.65. The van der Waals surface area contributed by atoms with Crippen LogP contribution in [0.25, 0.3) is 0 Å². The first-order chi connectivity index (χ1) is 10.3. The molecule has 112 valence electrons. The zero-order chi connectivity index (χ0) is 14.9. The molecule has 0 fully saturated rings. The van der Waals surface area contributed by atoms with Crippen molar-refractivity contribution in [1.82, 2.24) is 15.3 Å². The van der Waals surface area contributed by atoms with E-state index >= 15 is 0 Å². The molecule has 1 unspecified atom stereocenters. The number of nitrogens with zero attached hydrogens (tertiary/aromatic N) is 2. The number of benzene rings is 1. The molecule has 1 atom stereocenters. The van der Waals surface area contributed by atoms with Crippen LogP contribution in [0, 0.1) is 0 Å². The van der Waals surface area contributed by atoms with E-state index in [1.54, 1.807) is 24.2 Å².